The van der Waals surface area contributed by atoms with Gasteiger partial charge in [0.2, 0.25) is 0 Å². The van der Waals surface area contributed by atoms with Crippen molar-refractivity contribution in [1.82, 2.24) is 0 Å². The Morgan fingerprint density at radius 2 is 2.43 bits per heavy atom. The fourth-order valence-corrected chi connectivity index (χ4v) is 0.344. The number of carbonyl (C=O) groups is 1. The number of ketones is 1. The molecule has 2 nitrogen and oxygen atoms in total. The SMILES string of the molecule is CC(=O)CCOBr. The molecule has 0 saturated carbocycles. The summed E-state index contributed by atoms with van der Waals surface area (Å²) in [7, 11) is 0. The van der Waals surface area contributed by atoms with Crippen LogP contribution in [0, 0.1) is 0 Å². The highest BCUT2D eigenvalue weighted by Gasteiger charge is 1.88. The van der Waals surface area contributed by atoms with E-state index < -0.39 is 0 Å². The van der Waals surface area contributed by atoms with Crippen LogP contribution >= 0.6 is 16.3 Å². The molecule has 0 amide bonds. The molecule has 0 radical (unpaired) electrons. The van der Waals surface area contributed by atoms with Gasteiger partial charge in [0, 0.05) is 6.42 Å². The second-order valence-electron chi connectivity index (χ2n) is 1.27. The molecule has 0 unspecified atom stereocenters. The first-order valence-corrected chi connectivity index (χ1v) is 2.65. The number of halogens is 1. The maximum Gasteiger partial charge on any atom is 0.132 e. The van der Waals surface area contributed by atoms with E-state index >= 15 is 0 Å². The van der Waals surface area contributed by atoms with Crippen molar-refractivity contribution in [3.8, 4) is 0 Å². The smallest absolute Gasteiger partial charge is 0.132 e. The number of hydrogen-bond donors (Lipinski definition) is 0. The van der Waals surface area contributed by atoms with Crippen LogP contribution in [-0.2, 0) is 8.62 Å². The van der Waals surface area contributed by atoms with Crippen molar-refractivity contribution in [2.75, 3.05) is 6.61 Å². The number of carbonyl (C=O) groups excluding carboxylic acids is 1. The molecule has 0 aromatic rings. The second-order valence-corrected chi connectivity index (χ2v) is 1.72. The third-order valence-corrected chi connectivity index (χ3v) is 0.855. The zero-order valence-corrected chi connectivity index (χ0v) is 5.69. The first-order valence-electron chi connectivity index (χ1n) is 2.00. The van der Waals surface area contributed by atoms with Crippen LogP contribution in [0.2, 0.25) is 0 Å². The molecule has 0 N–H and O–H groups in total. The van der Waals surface area contributed by atoms with E-state index in [9.17, 15) is 4.79 Å². The molecule has 0 rings (SSSR count). The fourth-order valence-electron chi connectivity index (χ4n) is 0.182. The molecule has 0 heterocycles. The lowest BCUT2D eigenvalue weighted by molar-refractivity contribution is -0.117. The molecule has 0 aliphatic heterocycles. The van der Waals surface area contributed by atoms with Crippen LogP contribution in [0.4, 0.5) is 0 Å². The third kappa shape index (κ3) is 6.11. The highest BCUT2D eigenvalue weighted by molar-refractivity contribution is 9.06. The molecule has 0 aromatic heterocycles. The summed E-state index contributed by atoms with van der Waals surface area (Å²) in [5.41, 5.74) is 0. The molecular formula is C4H7BrO2. The van der Waals surface area contributed by atoms with Crippen molar-refractivity contribution in [3.05, 3.63) is 0 Å². The lowest BCUT2D eigenvalue weighted by Crippen LogP contribution is -1.93. The predicted molar refractivity (Wildman–Crippen MR) is 30.2 cm³/mol. The largest absolute Gasteiger partial charge is 0.308 e. The zero-order chi connectivity index (χ0) is 5.70. The van der Waals surface area contributed by atoms with Crippen molar-refractivity contribution in [1.29, 1.82) is 0 Å². The summed E-state index contributed by atoms with van der Waals surface area (Å²) in [6.45, 7) is 2.00. The summed E-state index contributed by atoms with van der Waals surface area (Å²) >= 11 is 2.73. The molecule has 0 spiro atoms. The fraction of sp³-hybridized carbons (Fsp3) is 0.750. The van der Waals surface area contributed by atoms with E-state index in [4.69, 9.17) is 0 Å². The minimum Gasteiger partial charge on any atom is -0.308 e. The van der Waals surface area contributed by atoms with Gasteiger partial charge in [-0.2, -0.15) is 0 Å². The summed E-state index contributed by atoms with van der Waals surface area (Å²) in [6.07, 6.45) is 0.491. The quantitative estimate of drug-likeness (QED) is 0.632. The number of rotatable bonds is 3. The van der Waals surface area contributed by atoms with E-state index in [2.05, 4.69) is 20.1 Å². The van der Waals surface area contributed by atoms with Gasteiger partial charge in [-0.05, 0) is 6.92 Å². The molecule has 0 atom stereocenters. The van der Waals surface area contributed by atoms with Gasteiger partial charge in [0.1, 0.15) is 5.78 Å². The van der Waals surface area contributed by atoms with Crippen molar-refractivity contribution in [2.45, 2.75) is 13.3 Å². The topological polar surface area (TPSA) is 26.3 Å². The van der Waals surface area contributed by atoms with Crippen LogP contribution in [0.3, 0.4) is 0 Å². The summed E-state index contributed by atoms with van der Waals surface area (Å²) in [6, 6.07) is 0. The molecule has 0 aliphatic carbocycles. The number of hydrogen-bond acceptors (Lipinski definition) is 2. The molecule has 0 bridgehead atoms. The Kier molecular flexibility index (Phi) is 4.34. The van der Waals surface area contributed by atoms with Crippen LogP contribution in [0.1, 0.15) is 13.3 Å². The van der Waals surface area contributed by atoms with E-state index in [1.54, 1.807) is 0 Å². The van der Waals surface area contributed by atoms with Gasteiger partial charge >= 0.3 is 0 Å². The summed E-state index contributed by atoms with van der Waals surface area (Å²) in [4.78, 5) is 10.1. The van der Waals surface area contributed by atoms with E-state index in [0.29, 0.717) is 13.0 Å². The molecule has 0 fully saturated rings. The Labute approximate surface area is 51.3 Å². The van der Waals surface area contributed by atoms with Crippen molar-refractivity contribution in [3.63, 3.8) is 0 Å². The molecule has 42 valence electrons. The molecule has 0 aromatic carbocycles. The summed E-state index contributed by atoms with van der Waals surface area (Å²) in [5, 5.41) is 0. The molecule has 0 aliphatic rings. The van der Waals surface area contributed by atoms with Crippen molar-refractivity contribution >= 4 is 22.0 Å². The van der Waals surface area contributed by atoms with Crippen molar-refractivity contribution < 1.29 is 8.62 Å². The van der Waals surface area contributed by atoms with Gasteiger partial charge in [-0.3, -0.25) is 4.79 Å². The summed E-state index contributed by atoms with van der Waals surface area (Å²) in [5.74, 6) is 0.152. The Morgan fingerprint density at radius 3 is 2.57 bits per heavy atom. The van der Waals surface area contributed by atoms with Gasteiger partial charge in [0.25, 0.3) is 0 Å². The maximum atomic E-state index is 10.1. The third-order valence-electron chi connectivity index (χ3n) is 0.531. The van der Waals surface area contributed by atoms with Gasteiger partial charge < -0.3 is 3.83 Å². The Morgan fingerprint density at radius 1 is 1.86 bits per heavy atom. The van der Waals surface area contributed by atoms with E-state index in [1.807, 2.05) is 0 Å². The Bertz CT molecular complexity index is 62.7. The van der Waals surface area contributed by atoms with Crippen LogP contribution < -0.4 is 0 Å². The molecule has 7 heavy (non-hydrogen) atoms. The average Bonchev–Trinajstić information content (AvgIpc) is 1.61. The van der Waals surface area contributed by atoms with E-state index in [-0.39, 0.29) is 5.78 Å². The first-order chi connectivity index (χ1) is 3.27. The van der Waals surface area contributed by atoms with Gasteiger partial charge in [-0.25, -0.2) is 0 Å². The van der Waals surface area contributed by atoms with Crippen LogP contribution in [0.5, 0.6) is 0 Å². The lowest BCUT2D eigenvalue weighted by Gasteiger charge is -1.86. The predicted octanol–water partition coefficient (Wildman–Crippen LogP) is 1.29. The minimum atomic E-state index is 0.152. The second kappa shape index (κ2) is 4.27. The van der Waals surface area contributed by atoms with Gasteiger partial charge in [0.15, 0.2) is 0 Å². The molecular weight excluding hydrogens is 160 g/mol. The maximum absolute atomic E-state index is 10.1. The zero-order valence-electron chi connectivity index (χ0n) is 4.11. The Hall–Kier alpha value is 0.110. The Balaban J connectivity index is 2.82. The van der Waals surface area contributed by atoms with E-state index in [0.717, 1.165) is 0 Å². The van der Waals surface area contributed by atoms with Crippen LogP contribution in [0.15, 0.2) is 0 Å². The van der Waals surface area contributed by atoms with Gasteiger partial charge in [-0.1, -0.05) is 0 Å². The van der Waals surface area contributed by atoms with Crippen molar-refractivity contribution in [2.24, 2.45) is 0 Å². The van der Waals surface area contributed by atoms with Gasteiger partial charge in [-0.15, -0.1) is 0 Å². The standard InChI is InChI=1S/C4H7BrO2/c1-4(6)2-3-7-5/h2-3H2,1H3. The van der Waals surface area contributed by atoms with E-state index in [1.165, 1.54) is 6.92 Å². The van der Waals surface area contributed by atoms with Gasteiger partial charge in [0.05, 0.1) is 22.9 Å². The molecule has 3 heteroatoms. The lowest BCUT2D eigenvalue weighted by atomic mass is 10.3. The first kappa shape index (κ1) is 7.11. The highest BCUT2D eigenvalue weighted by atomic mass is 79.9. The summed E-state index contributed by atoms with van der Waals surface area (Å²) < 4.78 is 4.44. The average molecular weight is 167 g/mol. The highest BCUT2D eigenvalue weighted by Crippen LogP contribution is 1.87. The minimum absolute atomic E-state index is 0.152. The number of Topliss-reactive ketones (excluding diaryl/α,β-unsaturated/α-hetero) is 1. The molecule has 0 saturated heterocycles. The monoisotopic (exact) mass is 166 g/mol. The van der Waals surface area contributed by atoms with Crippen LogP contribution in [0.25, 0.3) is 0 Å². The normalized spacial score (nSPS) is 8.86. The van der Waals surface area contributed by atoms with Crippen LogP contribution in [-0.4, -0.2) is 12.4 Å².